The smallest absolute Gasteiger partial charge is 0.230 e. The molecule has 0 radical (unpaired) electrons. The average Bonchev–Trinajstić information content (AvgIpc) is 3.08. The van der Waals surface area contributed by atoms with E-state index in [1.54, 1.807) is 12.1 Å². The Morgan fingerprint density at radius 2 is 1.90 bits per heavy atom. The number of halogens is 1. The van der Waals surface area contributed by atoms with Crippen LogP contribution in [0.5, 0.6) is 0 Å². The van der Waals surface area contributed by atoms with Gasteiger partial charge in [-0.1, -0.05) is 30.3 Å². The summed E-state index contributed by atoms with van der Waals surface area (Å²) in [6, 6.07) is 14.4. The Morgan fingerprint density at radius 1 is 1.17 bits per heavy atom. The van der Waals surface area contributed by atoms with Gasteiger partial charge in [0.15, 0.2) is 0 Å². The molecule has 1 aliphatic heterocycles. The maximum absolute atomic E-state index is 13.4. The van der Waals surface area contributed by atoms with Gasteiger partial charge in [0.1, 0.15) is 5.82 Å². The summed E-state index contributed by atoms with van der Waals surface area (Å²) in [6.45, 7) is 4.44. The highest BCUT2D eigenvalue weighted by atomic mass is 19.1. The van der Waals surface area contributed by atoms with Crippen LogP contribution in [0.4, 0.5) is 4.39 Å². The van der Waals surface area contributed by atoms with Crippen molar-refractivity contribution in [2.75, 3.05) is 19.8 Å². The van der Waals surface area contributed by atoms with E-state index in [0.29, 0.717) is 32.6 Å². The van der Waals surface area contributed by atoms with Gasteiger partial charge < -0.3 is 10.1 Å². The summed E-state index contributed by atoms with van der Waals surface area (Å²) < 4.78 is 20.8. The van der Waals surface area contributed by atoms with Crippen LogP contribution in [0.3, 0.4) is 0 Å². The van der Waals surface area contributed by atoms with E-state index in [0.717, 1.165) is 35.1 Å². The Balaban J connectivity index is 1.40. The van der Waals surface area contributed by atoms with Crippen LogP contribution in [0.25, 0.3) is 10.9 Å². The molecule has 1 aliphatic rings. The monoisotopic (exact) mass is 395 g/mol. The van der Waals surface area contributed by atoms with E-state index in [-0.39, 0.29) is 11.7 Å². The highest BCUT2D eigenvalue weighted by Gasteiger charge is 2.41. The Bertz CT molecular complexity index is 991. The first-order chi connectivity index (χ1) is 14.1. The van der Waals surface area contributed by atoms with Gasteiger partial charge in [0.05, 0.1) is 10.9 Å². The molecule has 1 saturated heterocycles. The Labute approximate surface area is 169 Å². The van der Waals surface area contributed by atoms with Crippen LogP contribution in [0, 0.1) is 12.7 Å². The number of aromatic nitrogens is 2. The molecule has 2 aromatic carbocycles. The molecule has 1 fully saturated rings. The number of benzene rings is 2. The lowest BCUT2D eigenvalue weighted by Crippen LogP contribution is -2.48. The number of nitrogens with zero attached hydrogens (tertiary/aromatic N) is 2. The van der Waals surface area contributed by atoms with Gasteiger partial charge in [0.2, 0.25) is 5.91 Å². The van der Waals surface area contributed by atoms with Crippen LogP contribution in [-0.4, -0.2) is 35.4 Å². The van der Waals surface area contributed by atoms with Crippen LogP contribution < -0.4 is 5.32 Å². The van der Waals surface area contributed by atoms with Crippen LogP contribution in [0.2, 0.25) is 0 Å². The molecule has 0 saturated carbocycles. The van der Waals surface area contributed by atoms with Gasteiger partial charge in [-0.05, 0) is 49.9 Å². The molecule has 1 aromatic heterocycles. The lowest BCUT2D eigenvalue weighted by molar-refractivity contribution is -0.130. The fraction of sp³-hybridized carbons (Fsp3) is 0.391. The standard InChI is InChI=1S/C23H26FN3O2/c1-17-20-5-2-3-6-21(20)26-27(17)14-4-13-25-22(28)23(11-15-29-16-12-23)18-7-9-19(24)10-8-18/h2-3,5-10H,4,11-16H2,1H3,(H,25,28). The maximum atomic E-state index is 13.4. The number of carbonyl (C=O) groups is 1. The fourth-order valence-corrected chi connectivity index (χ4v) is 4.16. The lowest BCUT2D eigenvalue weighted by atomic mass is 9.73. The van der Waals surface area contributed by atoms with Crippen molar-refractivity contribution >= 4 is 16.8 Å². The van der Waals surface area contributed by atoms with Crippen molar-refractivity contribution in [2.45, 2.75) is 38.1 Å². The predicted molar refractivity (Wildman–Crippen MR) is 110 cm³/mol. The third-order valence-corrected chi connectivity index (χ3v) is 5.92. The van der Waals surface area contributed by atoms with Gasteiger partial charge in [-0.15, -0.1) is 0 Å². The highest BCUT2D eigenvalue weighted by molar-refractivity contribution is 5.88. The molecule has 4 rings (SSSR count). The number of nitrogens with one attached hydrogen (secondary N) is 1. The van der Waals surface area contributed by atoms with Crippen LogP contribution in [0.1, 0.15) is 30.5 Å². The lowest BCUT2D eigenvalue weighted by Gasteiger charge is -2.36. The number of fused-ring (bicyclic) bond motifs is 1. The molecule has 2 heterocycles. The van der Waals surface area contributed by atoms with E-state index in [1.807, 2.05) is 22.9 Å². The van der Waals surface area contributed by atoms with E-state index in [4.69, 9.17) is 4.74 Å². The Hall–Kier alpha value is -2.73. The maximum Gasteiger partial charge on any atom is 0.230 e. The summed E-state index contributed by atoms with van der Waals surface area (Å²) in [5.74, 6) is -0.298. The molecule has 0 aliphatic carbocycles. The van der Waals surface area contributed by atoms with Crippen molar-refractivity contribution in [1.82, 2.24) is 15.1 Å². The van der Waals surface area contributed by atoms with Crippen LogP contribution in [-0.2, 0) is 21.5 Å². The fourth-order valence-electron chi connectivity index (χ4n) is 4.16. The average molecular weight is 395 g/mol. The minimum Gasteiger partial charge on any atom is -0.381 e. The number of carbonyl (C=O) groups excluding carboxylic acids is 1. The number of aryl methyl sites for hydroxylation is 2. The summed E-state index contributed by atoms with van der Waals surface area (Å²) >= 11 is 0. The van der Waals surface area contributed by atoms with Crippen molar-refractivity contribution in [3.63, 3.8) is 0 Å². The number of ether oxygens (including phenoxy) is 1. The molecule has 152 valence electrons. The molecule has 3 aromatic rings. The first kappa shape index (κ1) is 19.6. The van der Waals surface area contributed by atoms with Crippen molar-refractivity contribution in [3.8, 4) is 0 Å². The molecule has 0 unspecified atom stereocenters. The van der Waals surface area contributed by atoms with Crippen molar-refractivity contribution < 1.29 is 13.9 Å². The normalized spacial score (nSPS) is 16.1. The SMILES string of the molecule is Cc1c2ccccc2nn1CCCNC(=O)C1(c2ccc(F)cc2)CCOCC1. The molecule has 6 heteroatoms. The predicted octanol–water partition coefficient (Wildman–Crippen LogP) is 3.74. The van der Waals surface area contributed by atoms with Gasteiger partial charge in [-0.2, -0.15) is 5.10 Å². The summed E-state index contributed by atoms with van der Waals surface area (Å²) in [4.78, 5) is 13.1. The third-order valence-electron chi connectivity index (χ3n) is 5.92. The molecule has 1 amide bonds. The number of hydrogen-bond acceptors (Lipinski definition) is 3. The van der Waals surface area contributed by atoms with Gasteiger partial charge in [-0.3, -0.25) is 9.48 Å². The highest BCUT2D eigenvalue weighted by Crippen LogP contribution is 2.35. The zero-order chi connectivity index (χ0) is 20.3. The van der Waals surface area contributed by atoms with E-state index in [9.17, 15) is 9.18 Å². The second-order valence-corrected chi connectivity index (χ2v) is 7.64. The first-order valence-electron chi connectivity index (χ1n) is 10.1. The number of rotatable bonds is 6. The van der Waals surface area contributed by atoms with Gasteiger partial charge in [0, 0.05) is 37.4 Å². The molecule has 29 heavy (non-hydrogen) atoms. The molecule has 1 N–H and O–H groups in total. The van der Waals surface area contributed by atoms with E-state index < -0.39 is 5.41 Å². The largest absolute Gasteiger partial charge is 0.381 e. The molecule has 0 bridgehead atoms. The molecule has 5 nitrogen and oxygen atoms in total. The van der Waals surface area contributed by atoms with Crippen molar-refractivity contribution in [3.05, 3.63) is 65.6 Å². The van der Waals surface area contributed by atoms with Gasteiger partial charge in [-0.25, -0.2) is 4.39 Å². The molecular weight excluding hydrogens is 369 g/mol. The third kappa shape index (κ3) is 3.90. The van der Waals surface area contributed by atoms with E-state index in [1.165, 1.54) is 12.1 Å². The second-order valence-electron chi connectivity index (χ2n) is 7.64. The minimum atomic E-state index is -0.651. The number of hydrogen-bond donors (Lipinski definition) is 1. The summed E-state index contributed by atoms with van der Waals surface area (Å²) in [5, 5.41) is 8.90. The molecule has 0 spiro atoms. The summed E-state index contributed by atoms with van der Waals surface area (Å²) in [7, 11) is 0. The quantitative estimate of drug-likeness (QED) is 0.647. The summed E-state index contributed by atoms with van der Waals surface area (Å²) in [5.41, 5.74) is 2.34. The summed E-state index contributed by atoms with van der Waals surface area (Å²) in [6.07, 6.45) is 2.00. The van der Waals surface area contributed by atoms with E-state index >= 15 is 0 Å². The number of amides is 1. The zero-order valence-corrected chi connectivity index (χ0v) is 16.7. The molecule has 0 atom stereocenters. The van der Waals surface area contributed by atoms with Crippen LogP contribution >= 0.6 is 0 Å². The van der Waals surface area contributed by atoms with Crippen molar-refractivity contribution in [2.24, 2.45) is 0 Å². The Kier molecular flexibility index (Phi) is 5.62. The minimum absolute atomic E-state index is 0.00486. The Morgan fingerprint density at radius 3 is 2.62 bits per heavy atom. The van der Waals surface area contributed by atoms with Crippen LogP contribution in [0.15, 0.2) is 48.5 Å². The topological polar surface area (TPSA) is 56.2 Å². The first-order valence-corrected chi connectivity index (χ1v) is 10.1. The van der Waals surface area contributed by atoms with Crippen molar-refractivity contribution in [1.29, 1.82) is 0 Å². The van der Waals surface area contributed by atoms with Gasteiger partial charge in [0.25, 0.3) is 0 Å². The molecular formula is C23H26FN3O2. The zero-order valence-electron chi connectivity index (χ0n) is 16.7. The van der Waals surface area contributed by atoms with Gasteiger partial charge >= 0.3 is 0 Å². The second kappa shape index (κ2) is 8.33. The van der Waals surface area contributed by atoms with E-state index in [2.05, 4.69) is 23.4 Å².